The summed E-state index contributed by atoms with van der Waals surface area (Å²) in [5, 5.41) is 2.34. The van der Waals surface area contributed by atoms with Crippen molar-refractivity contribution in [1.82, 2.24) is 9.55 Å². The number of aryl methyl sites for hydroxylation is 3. The highest BCUT2D eigenvalue weighted by atomic mass is 16.5. The maximum absolute atomic E-state index is 7.05. The Kier molecular flexibility index (Phi) is 10.8. The molecule has 0 aliphatic carbocycles. The first-order valence-corrected chi connectivity index (χ1v) is 23.7. The van der Waals surface area contributed by atoms with Gasteiger partial charge < -0.3 is 14.5 Å². The number of para-hydroxylation sites is 2. The summed E-state index contributed by atoms with van der Waals surface area (Å²) in [6.07, 6.45) is 1.95. The third-order valence-electron chi connectivity index (χ3n) is 13.6. The molecule has 6 aromatic carbocycles. The molecule has 0 radical (unpaired) electrons. The molecular weight excluding hydrogens is 805 g/mol. The van der Waals surface area contributed by atoms with E-state index in [1.165, 1.54) is 72.5 Å². The van der Waals surface area contributed by atoms with Crippen LogP contribution < -0.4 is 14.5 Å². The number of hydrogen-bond donors (Lipinski definition) is 0. The van der Waals surface area contributed by atoms with Gasteiger partial charge in [0.2, 0.25) is 0 Å². The van der Waals surface area contributed by atoms with Gasteiger partial charge in [-0.25, -0.2) is 4.98 Å². The second-order valence-corrected chi connectivity index (χ2v) is 23.0. The summed E-state index contributed by atoms with van der Waals surface area (Å²) in [4.78, 5) is 9.97. The molecule has 0 bridgehead atoms. The summed E-state index contributed by atoms with van der Waals surface area (Å²) in [7, 11) is 0. The van der Waals surface area contributed by atoms with Crippen LogP contribution in [-0.4, -0.2) is 16.2 Å². The molecule has 338 valence electrons. The summed E-state index contributed by atoms with van der Waals surface area (Å²) < 4.78 is 9.39. The van der Waals surface area contributed by atoms with Crippen molar-refractivity contribution in [2.75, 3.05) is 16.5 Å². The third kappa shape index (κ3) is 8.38. The van der Waals surface area contributed by atoms with Gasteiger partial charge in [0.1, 0.15) is 24.0 Å². The Bertz CT molecular complexity index is 3120. The Morgan fingerprint density at radius 2 is 0.985 bits per heavy atom. The number of ether oxygens (including phenoxy) is 1. The Balaban J connectivity index is 1.17. The molecule has 0 N–H and O–H groups in total. The summed E-state index contributed by atoms with van der Waals surface area (Å²) >= 11 is 0. The molecule has 2 aromatic heterocycles. The fourth-order valence-electron chi connectivity index (χ4n) is 9.76. The number of pyridine rings is 1. The quantitative estimate of drug-likeness (QED) is 0.167. The van der Waals surface area contributed by atoms with Gasteiger partial charge in [-0.2, -0.15) is 0 Å². The van der Waals surface area contributed by atoms with Gasteiger partial charge in [-0.1, -0.05) is 131 Å². The molecule has 5 nitrogen and oxygen atoms in total. The Morgan fingerprint density at radius 1 is 0.470 bits per heavy atom. The molecule has 0 saturated carbocycles. The van der Waals surface area contributed by atoms with Crippen molar-refractivity contribution in [3.8, 4) is 28.4 Å². The van der Waals surface area contributed by atoms with Crippen molar-refractivity contribution in [2.24, 2.45) is 0 Å². The van der Waals surface area contributed by atoms with Crippen molar-refractivity contribution < 1.29 is 4.74 Å². The minimum Gasteiger partial charge on any atom is -0.457 e. The second kappa shape index (κ2) is 15.9. The van der Waals surface area contributed by atoms with Crippen molar-refractivity contribution in [1.29, 1.82) is 0 Å². The van der Waals surface area contributed by atoms with Crippen LogP contribution in [0.5, 0.6) is 11.5 Å². The first-order chi connectivity index (χ1) is 30.9. The maximum atomic E-state index is 7.05. The van der Waals surface area contributed by atoms with E-state index in [0.717, 1.165) is 39.4 Å². The number of benzene rings is 6. The molecule has 8 aromatic rings. The monoisotopic (exact) mass is 873 g/mol. The van der Waals surface area contributed by atoms with Gasteiger partial charge >= 0.3 is 0 Å². The van der Waals surface area contributed by atoms with Crippen LogP contribution in [0.1, 0.15) is 122 Å². The minimum absolute atomic E-state index is 0.00912. The molecule has 0 unspecified atom stereocenters. The van der Waals surface area contributed by atoms with Crippen LogP contribution in [0.25, 0.3) is 38.8 Å². The summed E-state index contributed by atoms with van der Waals surface area (Å²) in [5.74, 6) is 2.48. The molecule has 66 heavy (non-hydrogen) atoms. The van der Waals surface area contributed by atoms with Crippen molar-refractivity contribution in [2.45, 2.75) is 126 Å². The minimum atomic E-state index is -0.123. The number of nitrogens with zero attached hydrogens (tertiary/aromatic N) is 4. The summed E-state index contributed by atoms with van der Waals surface area (Å²) in [6.45, 7) is 34.8. The third-order valence-corrected chi connectivity index (χ3v) is 13.6. The van der Waals surface area contributed by atoms with Crippen molar-refractivity contribution >= 4 is 44.6 Å². The van der Waals surface area contributed by atoms with Crippen LogP contribution in [-0.2, 0) is 21.7 Å². The molecular formula is C61H68N4O. The molecule has 0 amide bonds. The highest BCUT2D eigenvalue weighted by Gasteiger charge is 2.31. The van der Waals surface area contributed by atoms with Crippen molar-refractivity contribution in [3.63, 3.8) is 0 Å². The van der Waals surface area contributed by atoms with Crippen LogP contribution in [0.2, 0.25) is 0 Å². The van der Waals surface area contributed by atoms with Gasteiger partial charge in [-0.05, 0) is 154 Å². The predicted octanol–water partition coefficient (Wildman–Crippen LogP) is 17.0. The zero-order valence-corrected chi connectivity index (χ0v) is 42.0. The molecule has 0 saturated heterocycles. The van der Waals surface area contributed by atoms with Gasteiger partial charge in [0.15, 0.2) is 0 Å². The lowest BCUT2D eigenvalue weighted by molar-refractivity contribution is 0.479. The summed E-state index contributed by atoms with van der Waals surface area (Å²) in [6, 6.07) is 45.2. The molecule has 0 atom stereocenters. The average Bonchev–Trinajstić information content (AvgIpc) is 3.78. The standard InChI is InChI=1S/C61H68N4O/c1-38-26-39(2)57(40(3)27-38)41-20-22-50-51-23-21-48(36-55(51)65(54(50)28-41)56-34-42(24-25-62-56)58(4,5)6)66-49-33-45(61(13,14)15)32-47(35-49)64-37-63(52-18-16-17-19-53(52)64)46-30-43(59(7,8)9)29-44(31-46)60(10,11)12/h16-36H,37H2,1-15H3. The molecule has 3 heterocycles. The molecule has 0 fully saturated rings. The number of rotatable bonds is 6. The normalized spacial score (nSPS) is 13.6. The van der Waals surface area contributed by atoms with Crippen LogP contribution in [0.4, 0.5) is 22.7 Å². The zero-order valence-electron chi connectivity index (χ0n) is 42.0. The van der Waals surface area contributed by atoms with Gasteiger partial charge in [0.05, 0.1) is 22.4 Å². The lowest BCUT2D eigenvalue weighted by Gasteiger charge is -2.29. The first-order valence-electron chi connectivity index (χ1n) is 23.7. The van der Waals surface area contributed by atoms with Gasteiger partial charge in [-0.15, -0.1) is 0 Å². The van der Waals surface area contributed by atoms with E-state index < -0.39 is 0 Å². The topological polar surface area (TPSA) is 33.5 Å². The van der Waals surface area contributed by atoms with E-state index >= 15 is 0 Å². The molecule has 5 heteroatoms. The SMILES string of the molecule is Cc1cc(C)c(-c2ccc3c4ccc(Oc5cc(N6CN(c7cc(C(C)(C)C)cc(C(C)(C)C)c7)c7ccccc76)cc(C(C)(C)C)c5)cc4n(-c4cc(C(C)(C)C)ccn4)c3c2)c(C)c1. The fraction of sp³-hybridized carbons (Fsp3) is 0.328. The van der Waals surface area contributed by atoms with E-state index in [4.69, 9.17) is 9.72 Å². The molecule has 0 spiro atoms. The van der Waals surface area contributed by atoms with E-state index in [-0.39, 0.29) is 21.7 Å². The highest BCUT2D eigenvalue weighted by Crippen LogP contribution is 2.48. The lowest BCUT2D eigenvalue weighted by Crippen LogP contribution is -2.26. The van der Waals surface area contributed by atoms with Crippen LogP contribution in [0.15, 0.2) is 128 Å². The van der Waals surface area contributed by atoms with Crippen LogP contribution >= 0.6 is 0 Å². The zero-order chi connectivity index (χ0) is 47.2. The van der Waals surface area contributed by atoms with Gasteiger partial charge in [0, 0.05) is 40.5 Å². The molecule has 1 aliphatic heterocycles. The molecule has 1 aliphatic rings. The smallest absolute Gasteiger partial charge is 0.137 e. The summed E-state index contributed by atoms with van der Waals surface area (Å²) in [5.41, 5.74) is 18.2. The van der Waals surface area contributed by atoms with E-state index in [9.17, 15) is 0 Å². The number of fused-ring (bicyclic) bond motifs is 4. The molecule has 9 rings (SSSR count). The van der Waals surface area contributed by atoms with Crippen molar-refractivity contribution in [3.05, 3.63) is 166 Å². The maximum Gasteiger partial charge on any atom is 0.137 e. The Labute approximate surface area is 394 Å². The number of anilines is 4. The van der Waals surface area contributed by atoms with E-state index in [2.05, 4.69) is 240 Å². The first kappa shape index (κ1) is 44.9. The number of hydrogen-bond acceptors (Lipinski definition) is 4. The van der Waals surface area contributed by atoms with E-state index in [1.807, 2.05) is 6.20 Å². The van der Waals surface area contributed by atoms with Gasteiger partial charge in [-0.3, -0.25) is 4.57 Å². The lowest BCUT2D eigenvalue weighted by atomic mass is 9.80. The number of aromatic nitrogens is 2. The highest BCUT2D eigenvalue weighted by molar-refractivity contribution is 6.10. The predicted molar refractivity (Wildman–Crippen MR) is 282 cm³/mol. The van der Waals surface area contributed by atoms with Gasteiger partial charge in [0.25, 0.3) is 0 Å². The Hall–Kier alpha value is -6.33. The van der Waals surface area contributed by atoms with E-state index in [1.54, 1.807) is 0 Å². The van der Waals surface area contributed by atoms with Crippen LogP contribution in [0, 0.1) is 20.8 Å². The largest absolute Gasteiger partial charge is 0.457 e. The fourth-order valence-corrected chi connectivity index (χ4v) is 9.76. The van der Waals surface area contributed by atoms with Crippen LogP contribution in [0.3, 0.4) is 0 Å². The Morgan fingerprint density at radius 3 is 1.55 bits per heavy atom. The second-order valence-electron chi connectivity index (χ2n) is 23.0. The average molecular weight is 873 g/mol. The van der Waals surface area contributed by atoms with E-state index in [0.29, 0.717) is 6.67 Å².